The second-order valence-corrected chi connectivity index (χ2v) is 14.6. The summed E-state index contributed by atoms with van der Waals surface area (Å²) < 4.78 is 0. The number of nitrogens with zero attached hydrogens (tertiary/aromatic N) is 1. The number of quaternary nitrogens is 1. The number of halogens is 3. The summed E-state index contributed by atoms with van der Waals surface area (Å²) in [5.74, 6) is 5.44. The minimum absolute atomic E-state index is 0. The average molecular weight is 617 g/mol. The highest BCUT2D eigenvalue weighted by Gasteiger charge is 2.58. The number of H-pyrrole nitrogens is 1. The van der Waals surface area contributed by atoms with Gasteiger partial charge in [0, 0.05) is 30.6 Å². The molecule has 4 bridgehead atoms. The van der Waals surface area contributed by atoms with Crippen LogP contribution in [0.5, 0.6) is 0 Å². The molecule has 41 heavy (non-hydrogen) atoms. The van der Waals surface area contributed by atoms with Crippen LogP contribution >= 0.6 is 11.6 Å². The van der Waals surface area contributed by atoms with E-state index in [-0.39, 0.29) is 36.1 Å². The molecule has 1 spiro atoms. The number of fused-ring (bicyclic) bond motifs is 2. The largest absolute Gasteiger partial charge is 1.00 e. The summed E-state index contributed by atoms with van der Waals surface area (Å²) in [4.78, 5) is 20.9. The van der Waals surface area contributed by atoms with Crippen molar-refractivity contribution < 1.29 is 39.9 Å². The highest BCUT2D eigenvalue weighted by molar-refractivity contribution is 6.28. The first-order valence-corrected chi connectivity index (χ1v) is 16.3. The second-order valence-electron chi connectivity index (χ2n) is 14.2. The molecular weight excluding hydrogens is 573 g/mol. The van der Waals surface area contributed by atoms with Crippen molar-refractivity contribution in [3.8, 4) is 0 Å². The summed E-state index contributed by atoms with van der Waals surface area (Å²) >= 11 is 6.38. The first-order valence-electron chi connectivity index (χ1n) is 16.0. The number of aryl methyl sites for hydroxylation is 1. The fraction of sp³-hybridized carbons (Fsp3) is 0.647. The van der Waals surface area contributed by atoms with E-state index in [9.17, 15) is 4.79 Å². The third-order valence-corrected chi connectivity index (χ3v) is 12.6. The average Bonchev–Trinajstić information content (AvgIpc) is 3.36. The molecule has 1 aromatic heterocycles. The number of likely N-dealkylation sites (tertiary alicyclic amines) is 1. The Morgan fingerprint density at radius 2 is 1.68 bits per heavy atom. The zero-order chi connectivity index (χ0) is 26.1. The van der Waals surface area contributed by atoms with Crippen LogP contribution in [-0.4, -0.2) is 36.5 Å². The van der Waals surface area contributed by atoms with E-state index >= 15 is 0 Å². The maximum absolute atomic E-state index is 14.9. The third-order valence-electron chi connectivity index (χ3n) is 12.4. The van der Waals surface area contributed by atoms with Crippen LogP contribution < -0.4 is 35.1 Å². The number of benzene rings is 1. The molecule has 2 aromatic rings. The molecule has 1 aromatic carbocycles. The molecule has 5 aliphatic carbocycles. The molecule has 3 heterocycles. The third kappa shape index (κ3) is 4.93. The van der Waals surface area contributed by atoms with E-state index in [0.29, 0.717) is 28.9 Å². The number of rotatable bonds is 3. The Labute approximate surface area is 262 Å². The minimum atomic E-state index is -0.0589. The number of carbonyl (C=O) groups excluding carboxylic acids is 1. The van der Waals surface area contributed by atoms with Crippen LogP contribution in [0.3, 0.4) is 0 Å². The number of pyridine rings is 1. The molecule has 4 nitrogen and oxygen atoms in total. The highest BCUT2D eigenvalue weighted by Crippen LogP contribution is 2.59. The zero-order valence-electron chi connectivity index (χ0n) is 23.9. The summed E-state index contributed by atoms with van der Waals surface area (Å²) in [6.45, 7) is 2.88. The number of amides is 1. The monoisotopic (exact) mass is 615 g/mol. The lowest BCUT2D eigenvalue weighted by Gasteiger charge is -2.59. The Kier molecular flexibility index (Phi) is 8.44. The van der Waals surface area contributed by atoms with Crippen molar-refractivity contribution in [3.05, 3.63) is 64.4 Å². The molecule has 1 amide bonds. The van der Waals surface area contributed by atoms with Gasteiger partial charge in [-0.3, -0.25) is 4.79 Å². The molecule has 3 N–H and O–H groups in total. The van der Waals surface area contributed by atoms with Crippen LogP contribution in [0.2, 0.25) is 5.15 Å². The quantitative estimate of drug-likeness (QED) is 0.432. The molecule has 7 heteroatoms. The van der Waals surface area contributed by atoms with Crippen LogP contribution in [0.25, 0.3) is 0 Å². The molecule has 0 radical (unpaired) electrons. The first-order chi connectivity index (χ1) is 19.1. The molecule has 7 aliphatic rings. The van der Waals surface area contributed by atoms with Gasteiger partial charge >= 0.3 is 0 Å². The minimum Gasteiger partial charge on any atom is -1.00 e. The van der Waals surface area contributed by atoms with Gasteiger partial charge in [-0.2, -0.15) is 4.98 Å². The molecule has 222 valence electrons. The van der Waals surface area contributed by atoms with Gasteiger partial charge in [0.05, 0.1) is 18.5 Å². The van der Waals surface area contributed by atoms with Crippen molar-refractivity contribution in [3.63, 3.8) is 0 Å². The number of nitrogens with one attached hydrogen (secondary N) is 1. The molecule has 2 aliphatic heterocycles. The van der Waals surface area contributed by atoms with E-state index in [1.54, 1.807) is 0 Å². The molecule has 4 saturated carbocycles. The molecule has 9 rings (SSSR count). The second kappa shape index (κ2) is 11.6. The Hall–Kier alpha value is -1.33. The van der Waals surface area contributed by atoms with Gasteiger partial charge in [-0.1, -0.05) is 30.3 Å². The van der Waals surface area contributed by atoms with Crippen LogP contribution in [-0.2, 0) is 16.6 Å². The lowest BCUT2D eigenvalue weighted by molar-refractivity contribution is -0.640. The van der Waals surface area contributed by atoms with E-state index in [1.165, 1.54) is 48.9 Å². The summed E-state index contributed by atoms with van der Waals surface area (Å²) in [6.07, 6.45) is 12.7. The van der Waals surface area contributed by atoms with Crippen molar-refractivity contribution in [1.82, 2.24) is 4.90 Å². The van der Waals surface area contributed by atoms with Crippen LogP contribution in [0.15, 0.2) is 42.5 Å². The van der Waals surface area contributed by atoms with Crippen LogP contribution in [0.4, 0.5) is 0 Å². The predicted octanol–water partition coefficient (Wildman–Crippen LogP) is -1.22. The van der Waals surface area contributed by atoms with Crippen molar-refractivity contribution >= 4 is 17.5 Å². The van der Waals surface area contributed by atoms with E-state index < -0.39 is 0 Å². The van der Waals surface area contributed by atoms with Crippen molar-refractivity contribution in [1.29, 1.82) is 0 Å². The van der Waals surface area contributed by atoms with Crippen molar-refractivity contribution in [2.45, 2.75) is 81.6 Å². The van der Waals surface area contributed by atoms with E-state index in [2.05, 4.69) is 51.6 Å². The SMILES string of the molecule is O=C([C@@H]1C[NH2+]C[C@]12CCCc1[nH+]c(Cl)ccc12)N1CCC(c2ccccc2)CC1C1C2CC3CC(C2)CC1C3.[Cl-].[Cl-]. The summed E-state index contributed by atoms with van der Waals surface area (Å²) in [6, 6.07) is 15.9. The van der Waals surface area contributed by atoms with Crippen molar-refractivity contribution in [2.75, 3.05) is 19.6 Å². The highest BCUT2D eigenvalue weighted by atomic mass is 35.5. The number of hydrogen-bond donors (Lipinski definition) is 1. The topological polar surface area (TPSA) is 51.1 Å². The lowest BCUT2D eigenvalue weighted by Crippen LogP contribution is -3.00. The lowest BCUT2D eigenvalue weighted by atomic mass is 9.49. The number of hydrogen-bond acceptors (Lipinski definition) is 1. The zero-order valence-corrected chi connectivity index (χ0v) is 26.2. The standard InChI is InChI=1S/C34H42ClN3O.2ClH/c35-31-9-8-27-29(37-31)7-4-11-34(27)20-36-19-28(34)33(39)38-12-10-24(23-5-2-1-3-6-23)18-30(38)32-25-14-21-13-22(16-25)17-26(32)15-21;;/h1-3,5-6,8-9,21-22,24-26,28,30,32,36H,4,7,10-20H2;2*1H/t21?,22?,24?,25?,26?,28-,30?,32?,34-;;/m0../s1. The van der Waals surface area contributed by atoms with Crippen LogP contribution in [0.1, 0.15) is 80.5 Å². The summed E-state index contributed by atoms with van der Waals surface area (Å²) in [5, 5.41) is 3.14. The van der Waals surface area contributed by atoms with E-state index in [1.807, 2.05) is 6.07 Å². The Morgan fingerprint density at radius 3 is 2.41 bits per heavy atom. The van der Waals surface area contributed by atoms with Gasteiger partial charge in [0.1, 0.15) is 5.92 Å². The van der Waals surface area contributed by atoms with E-state index in [4.69, 9.17) is 11.6 Å². The number of nitrogens with two attached hydrogens (primary N) is 1. The molecule has 2 saturated heterocycles. The summed E-state index contributed by atoms with van der Waals surface area (Å²) in [7, 11) is 0. The predicted molar refractivity (Wildman–Crippen MR) is 152 cm³/mol. The van der Waals surface area contributed by atoms with Gasteiger partial charge in [0.25, 0.3) is 5.15 Å². The van der Waals surface area contributed by atoms with Gasteiger partial charge in [-0.15, -0.1) is 0 Å². The summed E-state index contributed by atoms with van der Waals surface area (Å²) in [5.41, 5.74) is 4.06. The maximum Gasteiger partial charge on any atom is 0.273 e. The smallest absolute Gasteiger partial charge is 0.273 e. The van der Waals surface area contributed by atoms with Gasteiger partial charge in [-0.05, 0) is 117 Å². The Morgan fingerprint density at radius 1 is 0.951 bits per heavy atom. The van der Waals surface area contributed by atoms with E-state index in [0.717, 1.165) is 75.4 Å². The van der Waals surface area contributed by atoms with Crippen molar-refractivity contribution in [2.24, 2.45) is 35.5 Å². The molecule has 6 fully saturated rings. The molecule has 2 unspecified atom stereocenters. The number of piperidine rings is 1. The van der Waals surface area contributed by atoms with Gasteiger partial charge < -0.3 is 35.0 Å². The first kappa shape index (κ1) is 29.7. The molecule has 4 atom stereocenters. The van der Waals surface area contributed by atoms with Gasteiger partial charge in [0.15, 0.2) is 5.69 Å². The fourth-order valence-corrected chi connectivity index (χ4v) is 11.3. The maximum atomic E-state index is 14.9. The normalized spacial score (nSPS) is 38.7. The Bertz CT molecular complexity index is 1230. The number of aromatic amines is 1. The number of carbonyl (C=O) groups is 1. The van der Waals surface area contributed by atoms with Gasteiger partial charge in [0.2, 0.25) is 5.91 Å². The van der Waals surface area contributed by atoms with Gasteiger partial charge in [-0.25, -0.2) is 0 Å². The number of aromatic nitrogens is 1. The van der Waals surface area contributed by atoms with Crippen LogP contribution in [0, 0.1) is 35.5 Å². The Balaban J connectivity index is 0.00000151. The molecular formula is C34H44Cl3N3O. The fourth-order valence-electron chi connectivity index (χ4n) is 11.1.